The Morgan fingerprint density at radius 3 is 2.89 bits per heavy atom. The minimum absolute atomic E-state index is 0. The molecule has 1 atom stereocenters. The van der Waals surface area contributed by atoms with Gasteiger partial charge in [0.05, 0.1) is 4.88 Å². The van der Waals surface area contributed by atoms with Crippen molar-refractivity contribution in [2.45, 2.75) is 26.7 Å². The van der Waals surface area contributed by atoms with Crippen LogP contribution in [-0.4, -0.2) is 30.4 Å². The van der Waals surface area contributed by atoms with E-state index >= 15 is 0 Å². The number of thiophene rings is 1. The lowest BCUT2D eigenvalue weighted by Crippen LogP contribution is -2.34. The molecule has 3 nitrogen and oxygen atoms in total. The molecule has 102 valence electrons. The molecule has 0 aliphatic carbocycles. The molecule has 2 rings (SSSR count). The van der Waals surface area contributed by atoms with Crippen LogP contribution in [0.5, 0.6) is 0 Å². The number of amides is 1. The molecule has 1 fully saturated rings. The zero-order chi connectivity index (χ0) is 12.5. The van der Waals surface area contributed by atoms with Gasteiger partial charge < -0.3 is 10.6 Å². The highest BCUT2D eigenvalue weighted by Crippen LogP contribution is 2.31. The van der Waals surface area contributed by atoms with Crippen LogP contribution >= 0.6 is 23.7 Å². The molecule has 0 bridgehead atoms. The summed E-state index contributed by atoms with van der Waals surface area (Å²) in [6, 6.07) is 2.05. The summed E-state index contributed by atoms with van der Waals surface area (Å²) in [6.45, 7) is 6.54. The molecule has 1 amide bonds. The fourth-order valence-electron chi connectivity index (χ4n) is 2.31. The first kappa shape index (κ1) is 15.5. The lowest BCUT2D eigenvalue weighted by Gasteiger charge is -2.22. The lowest BCUT2D eigenvalue weighted by atomic mass is 9.90. The van der Waals surface area contributed by atoms with Gasteiger partial charge in [-0.1, -0.05) is 13.8 Å². The smallest absolute Gasteiger partial charge is 0.264 e. The summed E-state index contributed by atoms with van der Waals surface area (Å²) >= 11 is 1.55. The van der Waals surface area contributed by atoms with E-state index in [1.807, 2.05) is 10.3 Å². The van der Waals surface area contributed by atoms with Gasteiger partial charge in [0.2, 0.25) is 0 Å². The second kappa shape index (κ2) is 6.04. The Morgan fingerprint density at radius 2 is 2.33 bits per heavy atom. The maximum atomic E-state index is 12.4. The van der Waals surface area contributed by atoms with Crippen LogP contribution in [0.15, 0.2) is 11.4 Å². The molecule has 1 unspecified atom stereocenters. The summed E-state index contributed by atoms with van der Waals surface area (Å²) < 4.78 is 0. The van der Waals surface area contributed by atoms with Gasteiger partial charge in [0.25, 0.3) is 5.91 Å². The van der Waals surface area contributed by atoms with Gasteiger partial charge in [0.1, 0.15) is 0 Å². The van der Waals surface area contributed by atoms with Crippen molar-refractivity contribution >= 4 is 29.7 Å². The fourth-order valence-corrected chi connectivity index (χ4v) is 3.27. The highest BCUT2D eigenvalue weighted by Gasteiger charge is 2.35. The molecule has 1 aliphatic rings. The van der Waals surface area contributed by atoms with Crippen molar-refractivity contribution in [1.82, 2.24) is 4.90 Å². The van der Waals surface area contributed by atoms with Gasteiger partial charge in [-0.2, -0.15) is 0 Å². The third-order valence-electron chi connectivity index (χ3n) is 3.66. The SMILES string of the molecule is CCc1ccsc1C(=O)N1CCC(C)(CN)C1.Cl. The standard InChI is InChI=1S/C13H20N2OS.ClH/c1-3-10-4-7-17-11(10)12(16)15-6-5-13(2,8-14)9-15;/h4,7H,3,5-6,8-9,14H2,1-2H3;1H. The van der Waals surface area contributed by atoms with Gasteiger partial charge in [-0.3, -0.25) is 4.79 Å². The van der Waals surface area contributed by atoms with Gasteiger partial charge in [0, 0.05) is 13.1 Å². The Bertz CT molecular complexity index is 421. The fraction of sp³-hybridized carbons (Fsp3) is 0.615. The molecule has 1 saturated heterocycles. The predicted octanol–water partition coefficient (Wildman–Crippen LogP) is 2.54. The molecule has 2 N–H and O–H groups in total. The number of hydrogen-bond donors (Lipinski definition) is 1. The van der Waals surface area contributed by atoms with Crippen LogP contribution in [0.4, 0.5) is 0 Å². The van der Waals surface area contributed by atoms with Crippen LogP contribution in [0.3, 0.4) is 0 Å². The number of aryl methyl sites for hydroxylation is 1. The average Bonchev–Trinajstić information content (AvgIpc) is 2.95. The quantitative estimate of drug-likeness (QED) is 0.929. The number of rotatable bonds is 3. The number of hydrogen-bond acceptors (Lipinski definition) is 3. The molecule has 1 aliphatic heterocycles. The van der Waals surface area contributed by atoms with E-state index in [4.69, 9.17) is 5.73 Å². The number of carbonyl (C=O) groups excluding carboxylic acids is 1. The lowest BCUT2D eigenvalue weighted by molar-refractivity contribution is 0.0780. The normalized spacial score (nSPS) is 22.9. The van der Waals surface area contributed by atoms with Gasteiger partial charge in [-0.15, -0.1) is 23.7 Å². The minimum Gasteiger partial charge on any atom is -0.337 e. The van der Waals surface area contributed by atoms with E-state index in [1.54, 1.807) is 11.3 Å². The highest BCUT2D eigenvalue weighted by molar-refractivity contribution is 7.12. The summed E-state index contributed by atoms with van der Waals surface area (Å²) in [5.41, 5.74) is 7.05. The number of nitrogens with zero attached hydrogens (tertiary/aromatic N) is 1. The number of carbonyl (C=O) groups is 1. The van der Waals surface area contributed by atoms with Crippen molar-refractivity contribution in [3.63, 3.8) is 0 Å². The third kappa shape index (κ3) is 2.87. The predicted molar refractivity (Wildman–Crippen MR) is 78.6 cm³/mol. The van der Waals surface area contributed by atoms with Gasteiger partial charge in [-0.05, 0) is 41.8 Å². The summed E-state index contributed by atoms with van der Waals surface area (Å²) in [6.07, 6.45) is 1.94. The van der Waals surface area contributed by atoms with Gasteiger partial charge in [-0.25, -0.2) is 0 Å². The first-order valence-electron chi connectivity index (χ1n) is 6.15. The number of nitrogens with two attached hydrogens (primary N) is 1. The van der Waals surface area contributed by atoms with Crippen LogP contribution in [0.1, 0.15) is 35.5 Å². The van der Waals surface area contributed by atoms with Crippen LogP contribution in [0.25, 0.3) is 0 Å². The minimum atomic E-state index is 0. The molecule has 18 heavy (non-hydrogen) atoms. The van der Waals surface area contributed by atoms with Crippen molar-refractivity contribution in [1.29, 1.82) is 0 Å². The second-order valence-corrected chi connectivity index (χ2v) is 6.04. The topological polar surface area (TPSA) is 46.3 Å². The Labute approximate surface area is 119 Å². The Hall–Kier alpha value is -0.580. The summed E-state index contributed by atoms with van der Waals surface area (Å²) in [7, 11) is 0. The van der Waals surface area contributed by atoms with Crippen molar-refractivity contribution in [2.75, 3.05) is 19.6 Å². The van der Waals surface area contributed by atoms with E-state index in [2.05, 4.69) is 19.9 Å². The Morgan fingerprint density at radius 1 is 1.61 bits per heavy atom. The zero-order valence-corrected chi connectivity index (χ0v) is 12.6. The van der Waals surface area contributed by atoms with Crippen molar-refractivity contribution in [2.24, 2.45) is 11.1 Å². The van der Waals surface area contributed by atoms with E-state index in [0.29, 0.717) is 6.54 Å². The van der Waals surface area contributed by atoms with Crippen molar-refractivity contribution < 1.29 is 4.79 Å². The molecule has 5 heteroatoms. The molecule has 0 radical (unpaired) electrons. The van der Waals surface area contributed by atoms with E-state index in [-0.39, 0.29) is 23.7 Å². The Kier molecular flexibility index (Phi) is 5.20. The molecule has 1 aromatic rings. The molecule has 0 saturated carbocycles. The summed E-state index contributed by atoms with van der Waals surface area (Å²) in [5, 5.41) is 2.00. The second-order valence-electron chi connectivity index (χ2n) is 5.12. The summed E-state index contributed by atoms with van der Waals surface area (Å²) in [5.74, 6) is 0.189. The molecular weight excluding hydrogens is 268 g/mol. The van der Waals surface area contributed by atoms with Crippen molar-refractivity contribution in [3.8, 4) is 0 Å². The molecule has 0 aromatic carbocycles. The largest absolute Gasteiger partial charge is 0.337 e. The van der Waals surface area contributed by atoms with Crippen LogP contribution in [-0.2, 0) is 6.42 Å². The average molecular weight is 289 g/mol. The van der Waals surface area contributed by atoms with Crippen LogP contribution in [0, 0.1) is 5.41 Å². The number of likely N-dealkylation sites (tertiary alicyclic amines) is 1. The van der Waals surface area contributed by atoms with E-state index in [0.717, 1.165) is 30.8 Å². The van der Waals surface area contributed by atoms with Gasteiger partial charge >= 0.3 is 0 Å². The number of halogens is 1. The first-order chi connectivity index (χ1) is 8.09. The molecular formula is C13H21ClN2OS. The van der Waals surface area contributed by atoms with Crippen LogP contribution < -0.4 is 5.73 Å². The molecule has 2 heterocycles. The first-order valence-corrected chi connectivity index (χ1v) is 7.03. The monoisotopic (exact) mass is 288 g/mol. The van der Waals surface area contributed by atoms with E-state index < -0.39 is 0 Å². The van der Waals surface area contributed by atoms with E-state index in [1.165, 1.54) is 5.56 Å². The van der Waals surface area contributed by atoms with Crippen LogP contribution in [0.2, 0.25) is 0 Å². The molecule has 1 aromatic heterocycles. The van der Waals surface area contributed by atoms with E-state index in [9.17, 15) is 4.79 Å². The summed E-state index contributed by atoms with van der Waals surface area (Å²) in [4.78, 5) is 15.3. The van der Waals surface area contributed by atoms with Gasteiger partial charge in [0.15, 0.2) is 0 Å². The molecule has 0 spiro atoms. The van der Waals surface area contributed by atoms with Crippen molar-refractivity contribution in [3.05, 3.63) is 21.9 Å². The maximum absolute atomic E-state index is 12.4. The Balaban J connectivity index is 0.00000162. The highest BCUT2D eigenvalue weighted by atomic mass is 35.5. The zero-order valence-electron chi connectivity index (χ0n) is 10.9. The maximum Gasteiger partial charge on any atom is 0.264 e. The third-order valence-corrected chi connectivity index (χ3v) is 4.60.